The van der Waals surface area contributed by atoms with Gasteiger partial charge in [-0.3, -0.25) is 0 Å². The zero-order valence-electron chi connectivity index (χ0n) is 11.9. The van der Waals surface area contributed by atoms with E-state index < -0.39 is 0 Å². The van der Waals surface area contributed by atoms with Gasteiger partial charge in [-0.2, -0.15) is 0 Å². The van der Waals surface area contributed by atoms with E-state index in [0.29, 0.717) is 0 Å². The van der Waals surface area contributed by atoms with Gasteiger partial charge in [-0.1, -0.05) is 38.1 Å². The van der Waals surface area contributed by atoms with Crippen molar-refractivity contribution in [1.82, 2.24) is 14.9 Å². The van der Waals surface area contributed by atoms with E-state index >= 15 is 0 Å². The Morgan fingerprint density at radius 1 is 1.11 bits per heavy atom. The molecule has 0 aliphatic rings. The van der Waals surface area contributed by atoms with Crippen LogP contribution >= 0.6 is 0 Å². The molecule has 0 saturated carbocycles. The highest BCUT2D eigenvalue weighted by Gasteiger charge is 2.00. The Kier molecular flexibility index (Phi) is 5.16. The van der Waals surface area contributed by atoms with Gasteiger partial charge in [-0.15, -0.1) is 0 Å². The molecule has 0 radical (unpaired) electrons. The highest BCUT2D eigenvalue weighted by Crippen LogP contribution is 2.07. The van der Waals surface area contributed by atoms with Crippen LogP contribution in [-0.4, -0.2) is 16.1 Å². The van der Waals surface area contributed by atoms with E-state index in [4.69, 9.17) is 0 Å². The van der Waals surface area contributed by atoms with Crippen molar-refractivity contribution in [3.8, 4) is 0 Å². The van der Waals surface area contributed by atoms with Gasteiger partial charge in [0.05, 0.1) is 12.0 Å². The molecule has 0 unspecified atom stereocenters. The molecule has 0 fully saturated rings. The number of nitrogens with one attached hydrogen (secondary N) is 1. The van der Waals surface area contributed by atoms with Crippen molar-refractivity contribution in [1.29, 1.82) is 0 Å². The first kappa shape index (κ1) is 13.8. The van der Waals surface area contributed by atoms with E-state index in [1.807, 2.05) is 6.33 Å². The number of nitrogens with zero attached hydrogens (tertiary/aromatic N) is 2. The first-order chi connectivity index (χ1) is 9.31. The normalized spacial score (nSPS) is 10.8. The van der Waals surface area contributed by atoms with E-state index in [-0.39, 0.29) is 0 Å². The fourth-order valence-corrected chi connectivity index (χ4v) is 2.07. The standard InChI is InChI=1S/C16H23N3/c1-3-9-17-10-16-12-19(13-18-16)11-15-7-5-14(4-2)6-8-15/h5-8,12-13,17H,3-4,9-11H2,1-2H3. The van der Waals surface area contributed by atoms with Crippen LogP contribution in [0.1, 0.15) is 37.1 Å². The summed E-state index contributed by atoms with van der Waals surface area (Å²) in [5, 5.41) is 3.37. The molecule has 0 aliphatic heterocycles. The summed E-state index contributed by atoms with van der Waals surface area (Å²) in [6, 6.07) is 8.81. The molecule has 0 aliphatic carbocycles. The van der Waals surface area contributed by atoms with Crippen LogP contribution in [0, 0.1) is 0 Å². The molecular weight excluding hydrogens is 234 g/mol. The molecule has 0 saturated heterocycles. The summed E-state index contributed by atoms with van der Waals surface area (Å²) in [6.07, 6.45) is 6.29. The lowest BCUT2D eigenvalue weighted by molar-refractivity contribution is 0.665. The van der Waals surface area contributed by atoms with Crippen molar-refractivity contribution in [2.24, 2.45) is 0 Å². The molecule has 1 heterocycles. The maximum Gasteiger partial charge on any atom is 0.0953 e. The largest absolute Gasteiger partial charge is 0.333 e. The van der Waals surface area contributed by atoms with Gasteiger partial charge < -0.3 is 9.88 Å². The second-order valence-corrected chi connectivity index (χ2v) is 4.88. The van der Waals surface area contributed by atoms with Crippen molar-refractivity contribution >= 4 is 0 Å². The summed E-state index contributed by atoms with van der Waals surface area (Å²) < 4.78 is 2.14. The number of hydrogen-bond acceptors (Lipinski definition) is 2. The molecule has 1 aromatic carbocycles. The van der Waals surface area contributed by atoms with E-state index in [9.17, 15) is 0 Å². The molecule has 3 nitrogen and oxygen atoms in total. The molecule has 2 rings (SSSR count). The second-order valence-electron chi connectivity index (χ2n) is 4.88. The van der Waals surface area contributed by atoms with Crippen LogP contribution < -0.4 is 5.32 Å². The summed E-state index contributed by atoms with van der Waals surface area (Å²) in [5.41, 5.74) is 3.82. The van der Waals surface area contributed by atoms with Crippen LogP contribution in [0.25, 0.3) is 0 Å². The van der Waals surface area contributed by atoms with Crippen LogP contribution in [0.3, 0.4) is 0 Å². The van der Waals surface area contributed by atoms with Crippen molar-refractivity contribution in [3.63, 3.8) is 0 Å². The van der Waals surface area contributed by atoms with Gasteiger partial charge in [-0.25, -0.2) is 4.98 Å². The molecule has 0 amide bonds. The van der Waals surface area contributed by atoms with Crippen LogP contribution in [-0.2, 0) is 19.5 Å². The lowest BCUT2D eigenvalue weighted by Crippen LogP contribution is -2.13. The van der Waals surface area contributed by atoms with Gasteiger partial charge >= 0.3 is 0 Å². The Balaban J connectivity index is 1.91. The zero-order chi connectivity index (χ0) is 13.5. The molecule has 3 heteroatoms. The van der Waals surface area contributed by atoms with Crippen LogP contribution in [0.15, 0.2) is 36.8 Å². The van der Waals surface area contributed by atoms with Crippen molar-refractivity contribution in [2.45, 2.75) is 39.8 Å². The van der Waals surface area contributed by atoms with Gasteiger partial charge in [0.25, 0.3) is 0 Å². The molecular formula is C16H23N3. The Morgan fingerprint density at radius 3 is 2.53 bits per heavy atom. The number of aryl methyl sites for hydroxylation is 1. The van der Waals surface area contributed by atoms with Gasteiger partial charge in [0.2, 0.25) is 0 Å². The number of imidazole rings is 1. The first-order valence-electron chi connectivity index (χ1n) is 7.11. The molecule has 1 aromatic heterocycles. The third-order valence-corrected chi connectivity index (χ3v) is 3.22. The number of benzene rings is 1. The van der Waals surface area contributed by atoms with Crippen molar-refractivity contribution in [2.75, 3.05) is 6.54 Å². The van der Waals surface area contributed by atoms with Gasteiger partial charge in [0, 0.05) is 19.3 Å². The van der Waals surface area contributed by atoms with Crippen LogP contribution in [0.2, 0.25) is 0 Å². The smallest absolute Gasteiger partial charge is 0.0953 e. The quantitative estimate of drug-likeness (QED) is 0.773. The highest BCUT2D eigenvalue weighted by atomic mass is 15.0. The summed E-state index contributed by atoms with van der Waals surface area (Å²) >= 11 is 0. The predicted octanol–water partition coefficient (Wildman–Crippen LogP) is 2.99. The summed E-state index contributed by atoms with van der Waals surface area (Å²) in [7, 11) is 0. The zero-order valence-corrected chi connectivity index (χ0v) is 11.9. The average Bonchev–Trinajstić information content (AvgIpc) is 2.88. The molecule has 19 heavy (non-hydrogen) atoms. The minimum Gasteiger partial charge on any atom is -0.333 e. The second kappa shape index (κ2) is 7.10. The Labute approximate surface area is 115 Å². The van der Waals surface area contributed by atoms with Crippen LogP contribution in [0.4, 0.5) is 0 Å². The van der Waals surface area contributed by atoms with Gasteiger partial charge in [0.1, 0.15) is 0 Å². The highest BCUT2D eigenvalue weighted by molar-refractivity contribution is 5.22. The lowest BCUT2D eigenvalue weighted by atomic mass is 10.1. The average molecular weight is 257 g/mol. The Bertz CT molecular complexity index is 485. The lowest BCUT2D eigenvalue weighted by Gasteiger charge is -2.03. The van der Waals surface area contributed by atoms with Crippen molar-refractivity contribution in [3.05, 3.63) is 53.6 Å². The van der Waals surface area contributed by atoms with Crippen LogP contribution in [0.5, 0.6) is 0 Å². The molecule has 1 N–H and O–H groups in total. The molecule has 0 atom stereocenters. The third-order valence-electron chi connectivity index (χ3n) is 3.22. The molecule has 102 valence electrons. The van der Waals surface area contributed by atoms with E-state index in [1.54, 1.807) is 0 Å². The molecule has 2 aromatic rings. The van der Waals surface area contributed by atoms with Gasteiger partial charge in [0.15, 0.2) is 0 Å². The fraction of sp³-hybridized carbons (Fsp3) is 0.438. The van der Waals surface area contributed by atoms with E-state index in [2.05, 4.69) is 59.2 Å². The van der Waals surface area contributed by atoms with Crippen molar-refractivity contribution < 1.29 is 0 Å². The third kappa shape index (κ3) is 4.21. The maximum absolute atomic E-state index is 4.42. The number of hydrogen-bond donors (Lipinski definition) is 1. The minimum absolute atomic E-state index is 0.857. The summed E-state index contributed by atoms with van der Waals surface area (Å²) in [4.78, 5) is 4.42. The number of rotatable bonds is 7. The monoisotopic (exact) mass is 257 g/mol. The summed E-state index contributed by atoms with van der Waals surface area (Å²) in [6.45, 7) is 7.15. The predicted molar refractivity (Wildman–Crippen MR) is 79.1 cm³/mol. The Hall–Kier alpha value is -1.61. The topological polar surface area (TPSA) is 29.9 Å². The summed E-state index contributed by atoms with van der Waals surface area (Å²) in [5.74, 6) is 0. The Morgan fingerprint density at radius 2 is 1.84 bits per heavy atom. The first-order valence-corrected chi connectivity index (χ1v) is 7.11. The van der Waals surface area contributed by atoms with E-state index in [0.717, 1.165) is 38.2 Å². The molecule has 0 spiro atoms. The molecule has 0 bridgehead atoms. The minimum atomic E-state index is 0.857. The maximum atomic E-state index is 4.42. The number of aromatic nitrogens is 2. The van der Waals surface area contributed by atoms with E-state index in [1.165, 1.54) is 11.1 Å². The SMILES string of the molecule is CCCNCc1cn(Cc2ccc(CC)cc2)cn1. The van der Waals surface area contributed by atoms with Gasteiger partial charge in [-0.05, 0) is 30.5 Å². The fourth-order valence-electron chi connectivity index (χ4n) is 2.07.